The van der Waals surface area contributed by atoms with Crippen LogP contribution in [0.25, 0.3) is 11.1 Å². The number of carbonyl (C=O) groups is 2. The lowest BCUT2D eigenvalue weighted by atomic mass is 9.92. The van der Waals surface area contributed by atoms with Gasteiger partial charge < -0.3 is 49.3 Å². The van der Waals surface area contributed by atoms with Crippen LogP contribution in [0.3, 0.4) is 0 Å². The number of rotatable bonds is 28. The van der Waals surface area contributed by atoms with Gasteiger partial charge in [-0.3, -0.25) is 24.5 Å². The van der Waals surface area contributed by atoms with E-state index >= 15 is 0 Å². The SMILES string of the molecule is CN=Cc1cncc(COc2cc(OCc3cccc(-c4cccc(COc5cc(OCc6cncc(C#N)c6)c(CNC(CCOC)C(=O)O)cc5Cl)c4C)c3C)c(Cl)cc2CNC(CCOC)C(=O)O)c1. The minimum absolute atomic E-state index is 0.0791. The molecule has 0 amide bonds. The van der Waals surface area contributed by atoms with Crippen molar-refractivity contribution in [2.75, 3.05) is 34.5 Å². The first kappa shape index (κ1) is 55.2. The van der Waals surface area contributed by atoms with Gasteiger partial charge >= 0.3 is 11.9 Å². The molecule has 0 saturated carbocycles. The summed E-state index contributed by atoms with van der Waals surface area (Å²) in [5.74, 6) is -0.410. The predicted octanol–water partition coefficient (Wildman–Crippen LogP) is 9.46. The molecule has 2 unspecified atom stereocenters. The van der Waals surface area contributed by atoms with E-state index in [0.717, 1.165) is 44.5 Å². The molecule has 4 N–H and O–H groups in total. The second-order valence-electron chi connectivity index (χ2n) is 16.9. The maximum absolute atomic E-state index is 12.0. The smallest absolute Gasteiger partial charge is 0.320 e. The van der Waals surface area contributed by atoms with Crippen molar-refractivity contribution in [1.29, 1.82) is 5.26 Å². The van der Waals surface area contributed by atoms with Crippen LogP contribution in [-0.4, -0.2) is 84.9 Å². The van der Waals surface area contributed by atoms with Gasteiger partial charge in [0.05, 0.1) is 15.6 Å². The Morgan fingerprint density at radius 2 is 1.12 bits per heavy atom. The third-order valence-corrected chi connectivity index (χ3v) is 12.5. The Bertz CT molecular complexity index is 2930. The van der Waals surface area contributed by atoms with Crippen LogP contribution in [0, 0.1) is 25.2 Å². The number of aliphatic imine (C=N–C) groups is 1. The standard InChI is InChI=1S/C55H58Cl2N6O10/c1-34-40(32-72-52-20-50(70-30-38-16-36(22-58)24-60-26-38)42(18-46(52)56)28-62-48(54(64)65)12-14-68-4)8-6-10-44(34)45-11-7-9-41(35(45)2)33-73-53-21-51(71-31-39-17-37(23-59-3)25-61-27-39)43(19-47(53)57)29-63-49(55(66)67)13-15-69-5/h6-11,16-21,23-27,48-49,62-63H,12-15,28-33H2,1-5H3,(H,64,65)(H,66,67). The number of carboxylic acids is 2. The average molecular weight is 1030 g/mol. The second kappa shape index (κ2) is 27.6. The lowest BCUT2D eigenvalue weighted by Crippen LogP contribution is -2.37. The number of hydrogen-bond acceptors (Lipinski definition) is 14. The topological polar surface area (TPSA) is 216 Å². The van der Waals surface area contributed by atoms with Gasteiger partial charge in [-0.15, -0.1) is 0 Å². The van der Waals surface area contributed by atoms with Gasteiger partial charge in [0.1, 0.15) is 67.6 Å². The zero-order chi connectivity index (χ0) is 52.3. The Kier molecular flexibility index (Phi) is 20.9. The fourth-order valence-electron chi connectivity index (χ4n) is 7.81. The molecule has 2 aromatic heterocycles. The van der Waals surface area contributed by atoms with Crippen LogP contribution >= 0.6 is 23.2 Å². The highest BCUT2D eigenvalue weighted by molar-refractivity contribution is 6.32. The number of nitrogens with one attached hydrogen (secondary N) is 2. The number of methoxy groups -OCH3 is 2. The molecule has 0 fully saturated rings. The van der Waals surface area contributed by atoms with Crippen LogP contribution in [0.5, 0.6) is 23.0 Å². The molecule has 2 atom stereocenters. The van der Waals surface area contributed by atoms with Crippen molar-refractivity contribution in [3.8, 4) is 40.2 Å². The summed E-state index contributed by atoms with van der Waals surface area (Å²) in [5, 5.41) is 35.8. The summed E-state index contributed by atoms with van der Waals surface area (Å²) >= 11 is 13.7. The molecule has 382 valence electrons. The predicted molar refractivity (Wildman–Crippen MR) is 278 cm³/mol. The number of carboxylic acid groups (broad SMARTS) is 2. The third kappa shape index (κ3) is 15.7. The number of ether oxygens (including phenoxy) is 6. The molecule has 0 bridgehead atoms. The van der Waals surface area contributed by atoms with Crippen molar-refractivity contribution in [1.82, 2.24) is 20.6 Å². The number of aliphatic carboxylic acids is 2. The van der Waals surface area contributed by atoms with Crippen LogP contribution in [0.4, 0.5) is 0 Å². The fraction of sp³-hybridized carbons (Fsp3) is 0.309. The molecule has 4 aromatic carbocycles. The Balaban J connectivity index is 1.21. The molecule has 18 heteroatoms. The van der Waals surface area contributed by atoms with Gasteiger partial charge in [0, 0.05) is 119 Å². The van der Waals surface area contributed by atoms with Gasteiger partial charge in [-0.1, -0.05) is 59.6 Å². The van der Waals surface area contributed by atoms with Gasteiger partial charge in [0.2, 0.25) is 0 Å². The van der Waals surface area contributed by atoms with Crippen molar-refractivity contribution in [3.63, 3.8) is 0 Å². The van der Waals surface area contributed by atoms with E-state index in [9.17, 15) is 25.1 Å². The number of hydrogen-bond donors (Lipinski definition) is 4. The zero-order valence-corrected chi connectivity index (χ0v) is 42.8. The van der Waals surface area contributed by atoms with Gasteiger partial charge in [0.25, 0.3) is 0 Å². The maximum atomic E-state index is 12.0. The minimum atomic E-state index is -1.02. The lowest BCUT2D eigenvalue weighted by Gasteiger charge is -2.20. The molecule has 6 rings (SSSR count). The summed E-state index contributed by atoms with van der Waals surface area (Å²) in [6, 6.07) is 22.8. The zero-order valence-electron chi connectivity index (χ0n) is 41.2. The van der Waals surface area contributed by atoms with Crippen LogP contribution < -0.4 is 29.6 Å². The summed E-state index contributed by atoms with van der Waals surface area (Å²) < 4.78 is 35.6. The van der Waals surface area contributed by atoms with Gasteiger partial charge in [-0.25, -0.2) is 0 Å². The highest BCUT2D eigenvalue weighted by atomic mass is 35.5. The van der Waals surface area contributed by atoms with Gasteiger partial charge in [0.15, 0.2) is 0 Å². The Hall–Kier alpha value is -7.10. The quantitative estimate of drug-likeness (QED) is 0.0337. The maximum Gasteiger partial charge on any atom is 0.320 e. The Morgan fingerprint density at radius 1 is 0.658 bits per heavy atom. The largest absolute Gasteiger partial charge is 0.488 e. The molecular weight excluding hydrogens is 976 g/mol. The Morgan fingerprint density at radius 3 is 1.58 bits per heavy atom. The fourth-order valence-corrected chi connectivity index (χ4v) is 8.29. The summed E-state index contributed by atoms with van der Waals surface area (Å²) in [4.78, 5) is 36.5. The minimum Gasteiger partial charge on any atom is -0.488 e. The van der Waals surface area contributed by atoms with Crippen molar-refractivity contribution in [2.45, 2.75) is 78.3 Å². The first-order valence-electron chi connectivity index (χ1n) is 23.3. The van der Waals surface area contributed by atoms with Crippen molar-refractivity contribution in [2.24, 2.45) is 4.99 Å². The normalized spacial score (nSPS) is 12.0. The van der Waals surface area contributed by atoms with E-state index in [2.05, 4.69) is 43.8 Å². The highest BCUT2D eigenvalue weighted by Gasteiger charge is 2.22. The molecule has 0 aliphatic heterocycles. The third-order valence-electron chi connectivity index (χ3n) is 11.9. The molecule has 16 nitrogen and oxygen atoms in total. The summed E-state index contributed by atoms with van der Waals surface area (Å²) in [6.45, 7) is 5.46. The number of benzene rings is 4. The molecule has 6 aromatic rings. The van der Waals surface area contributed by atoms with Crippen LogP contribution in [-0.2, 0) is 58.6 Å². The summed E-state index contributed by atoms with van der Waals surface area (Å²) in [7, 11) is 4.72. The molecule has 73 heavy (non-hydrogen) atoms. The van der Waals surface area contributed by atoms with Crippen molar-refractivity contribution < 1.29 is 48.2 Å². The number of pyridine rings is 2. The number of halogens is 2. The van der Waals surface area contributed by atoms with Crippen molar-refractivity contribution in [3.05, 3.63) is 163 Å². The van der Waals surface area contributed by atoms with E-state index in [1.54, 1.807) is 62.2 Å². The number of aromatic nitrogens is 2. The number of nitriles is 1. The van der Waals surface area contributed by atoms with Gasteiger partial charge in [-0.05, 0) is 84.3 Å². The van der Waals surface area contributed by atoms with Gasteiger partial charge in [-0.2, -0.15) is 5.26 Å². The number of nitrogens with zero attached hydrogens (tertiary/aromatic N) is 4. The molecule has 0 saturated heterocycles. The second-order valence-corrected chi connectivity index (χ2v) is 17.7. The first-order chi connectivity index (χ1) is 35.3. The van der Waals surface area contributed by atoms with Crippen LogP contribution in [0.2, 0.25) is 10.0 Å². The Labute approximate surface area is 434 Å². The van der Waals surface area contributed by atoms with Crippen LogP contribution in [0.15, 0.2) is 103 Å². The average Bonchev–Trinajstić information content (AvgIpc) is 3.38. The lowest BCUT2D eigenvalue weighted by molar-refractivity contribution is -0.141. The van der Waals surface area contributed by atoms with E-state index in [4.69, 9.17) is 51.6 Å². The molecule has 0 aliphatic carbocycles. The van der Waals surface area contributed by atoms with E-state index in [1.807, 2.05) is 44.2 Å². The molecule has 2 heterocycles. The first-order valence-corrected chi connectivity index (χ1v) is 24.0. The molecule has 0 aliphatic rings. The molecular formula is C55H58Cl2N6O10. The van der Waals surface area contributed by atoms with Crippen LogP contribution in [0.1, 0.15) is 68.5 Å². The molecule has 0 radical (unpaired) electrons. The van der Waals surface area contributed by atoms with Crippen molar-refractivity contribution >= 4 is 41.4 Å². The highest BCUT2D eigenvalue weighted by Crippen LogP contribution is 2.37. The monoisotopic (exact) mass is 1030 g/mol. The summed E-state index contributed by atoms with van der Waals surface area (Å²) in [5.41, 5.74) is 9.72. The van der Waals surface area contributed by atoms with E-state index in [0.29, 0.717) is 55.3 Å². The van der Waals surface area contributed by atoms with E-state index in [-0.39, 0.29) is 65.6 Å². The molecule has 0 spiro atoms. The summed E-state index contributed by atoms with van der Waals surface area (Å²) in [6.07, 6.45) is 8.70. The van der Waals surface area contributed by atoms with E-state index in [1.165, 1.54) is 20.4 Å². The van der Waals surface area contributed by atoms with E-state index < -0.39 is 24.0 Å².